The quantitative estimate of drug-likeness (QED) is 0.543. The molecular formula is C15H32N2O3. The molecular weight excluding hydrogens is 256 g/mol. The van der Waals surface area contributed by atoms with Crippen molar-refractivity contribution in [1.29, 1.82) is 0 Å². The summed E-state index contributed by atoms with van der Waals surface area (Å²) in [6.07, 6.45) is 2.68. The minimum Gasteiger partial charge on any atom is -0.382 e. The molecule has 0 spiro atoms. The predicted molar refractivity (Wildman–Crippen MR) is 81.2 cm³/mol. The van der Waals surface area contributed by atoms with Crippen LogP contribution in [0.2, 0.25) is 0 Å². The first-order valence-electron chi connectivity index (χ1n) is 7.94. The molecule has 0 aliphatic carbocycles. The average Bonchev–Trinajstić information content (AvgIpc) is 2.49. The number of methoxy groups -OCH3 is 1. The van der Waals surface area contributed by atoms with Gasteiger partial charge in [-0.15, -0.1) is 0 Å². The van der Waals surface area contributed by atoms with Gasteiger partial charge in [0.1, 0.15) is 0 Å². The molecule has 1 fully saturated rings. The van der Waals surface area contributed by atoms with Gasteiger partial charge in [0, 0.05) is 20.2 Å². The Hall–Kier alpha value is -0.200. The zero-order chi connectivity index (χ0) is 14.5. The molecule has 20 heavy (non-hydrogen) atoms. The Labute approximate surface area is 123 Å². The maximum Gasteiger partial charge on any atom is 0.0701 e. The van der Waals surface area contributed by atoms with Crippen molar-refractivity contribution in [3.8, 4) is 0 Å². The summed E-state index contributed by atoms with van der Waals surface area (Å²) in [4.78, 5) is 2.49. The van der Waals surface area contributed by atoms with Crippen LogP contribution in [0.1, 0.15) is 19.8 Å². The number of hydrogen-bond donors (Lipinski definition) is 1. The van der Waals surface area contributed by atoms with Crippen LogP contribution in [0.5, 0.6) is 0 Å². The van der Waals surface area contributed by atoms with Crippen molar-refractivity contribution in [3.63, 3.8) is 0 Å². The summed E-state index contributed by atoms with van der Waals surface area (Å²) in [5.74, 6) is 0.807. The molecule has 1 heterocycles. The normalized spacial score (nSPS) is 19.6. The van der Waals surface area contributed by atoms with Crippen LogP contribution in [0, 0.1) is 5.92 Å². The van der Waals surface area contributed by atoms with E-state index >= 15 is 0 Å². The lowest BCUT2D eigenvalue weighted by atomic mass is 9.99. The fourth-order valence-electron chi connectivity index (χ4n) is 2.48. The van der Waals surface area contributed by atoms with Crippen molar-refractivity contribution < 1.29 is 14.2 Å². The summed E-state index contributed by atoms with van der Waals surface area (Å²) in [6, 6.07) is 0. The van der Waals surface area contributed by atoms with Crippen LogP contribution in [0.4, 0.5) is 0 Å². The van der Waals surface area contributed by atoms with Crippen molar-refractivity contribution in [1.82, 2.24) is 10.2 Å². The Morgan fingerprint density at radius 3 is 2.50 bits per heavy atom. The second-order valence-corrected chi connectivity index (χ2v) is 5.32. The van der Waals surface area contributed by atoms with Gasteiger partial charge in [0.25, 0.3) is 0 Å². The Morgan fingerprint density at radius 1 is 1.10 bits per heavy atom. The molecule has 120 valence electrons. The second kappa shape index (κ2) is 12.5. The third kappa shape index (κ3) is 8.87. The molecule has 0 bridgehead atoms. The van der Waals surface area contributed by atoms with Gasteiger partial charge in [-0.3, -0.25) is 0 Å². The molecule has 0 amide bonds. The number of rotatable bonds is 12. The predicted octanol–water partition coefficient (Wildman–Crippen LogP) is 0.988. The molecule has 1 atom stereocenters. The van der Waals surface area contributed by atoms with Crippen LogP contribution >= 0.6 is 0 Å². The van der Waals surface area contributed by atoms with Crippen molar-refractivity contribution in [3.05, 3.63) is 0 Å². The van der Waals surface area contributed by atoms with Gasteiger partial charge in [0.05, 0.1) is 33.0 Å². The molecule has 0 aromatic rings. The van der Waals surface area contributed by atoms with Crippen LogP contribution < -0.4 is 5.32 Å². The smallest absolute Gasteiger partial charge is 0.0701 e. The van der Waals surface area contributed by atoms with E-state index in [0.717, 1.165) is 25.6 Å². The summed E-state index contributed by atoms with van der Waals surface area (Å²) in [6.45, 7) is 11.3. The van der Waals surface area contributed by atoms with Gasteiger partial charge in [-0.25, -0.2) is 0 Å². The van der Waals surface area contributed by atoms with Crippen LogP contribution in [-0.4, -0.2) is 77.8 Å². The Bertz CT molecular complexity index is 211. The highest BCUT2D eigenvalue weighted by molar-refractivity contribution is 4.72. The Morgan fingerprint density at radius 2 is 1.85 bits per heavy atom. The third-order valence-corrected chi connectivity index (χ3v) is 3.72. The molecule has 1 aliphatic rings. The molecule has 0 aromatic heterocycles. The summed E-state index contributed by atoms with van der Waals surface area (Å²) >= 11 is 0. The SMILES string of the molecule is CCN(CCOCCOCCOC)CC1CCCNC1. The molecule has 1 aliphatic heterocycles. The van der Waals surface area contributed by atoms with Crippen LogP contribution in [-0.2, 0) is 14.2 Å². The monoisotopic (exact) mass is 288 g/mol. The van der Waals surface area contributed by atoms with Gasteiger partial charge in [0.2, 0.25) is 0 Å². The number of hydrogen-bond acceptors (Lipinski definition) is 5. The van der Waals surface area contributed by atoms with Crippen LogP contribution in [0.25, 0.3) is 0 Å². The number of nitrogens with zero attached hydrogens (tertiary/aromatic N) is 1. The third-order valence-electron chi connectivity index (χ3n) is 3.72. The summed E-state index contributed by atoms with van der Waals surface area (Å²) in [5.41, 5.74) is 0. The zero-order valence-electron chi connectivity index (χ0n) is 13.2. The van der Waals surface area contributed by atoms with Crippen LogP contribution in [0.15, 0.2) is 0 Å². The topological polar surface area (TPSA) is 43.0 Å². The van der Waals surface area contributed by atoms with Gasteiger partial charge >= 0.3 is 0 Å². The standard InChI is InChI=1S/C15H32N2O3/c1-3-17(14-15-5-4-6-16-13-15)7-8-19-11-12-20-10-9-18-2/h15-16H,3-14H2,1-2H3. The summed E-state index contributed by atoms with van der Waals surface area (Å²) < 4.78 is 15.9. The molecule has 0 aromatic carbocycles. The first-order chi connectivity index (χ1) is 9.86. The molecule has 0 saturated carbocycles. The maximum absolute atomic E-state index is 5.61. The lowest BCUT2D eigenvalue weighted by molar-refractivity contribution is 0.0187. The first kappa shape index (κ1) is 17.9. The van der Waals surface area contributed by atoms with Gasteiger partial charge in [-0.2, -0.15) is 0 Å². The number of piperidine rings is 1. The van der Waals surface area contributed by atoms with E-state index in [1.807, 2.05) is 0 Å². The highest BCUT2D eigenvalue weighted by atomic mass is 16.5. The highest BCUT2D eigenvalue weighted by Gasteiger charge is 2.15. The van der Waals surface area contributed by atoms with Crippen molar-refractivity contribution in [2.45, 2.75) is 19.8 Å². The fourth-order valence-corrected chi connectivity index (χ4v) is 2.48. The molecule has 5 nitrogen and oxygen atoms in total. The molecule has 0 radical (unpaired) electrons. The van der Waals surface area contributed by atoms with Gasteiger partial charge in [-0.05, 0) is 38.4 Å². The Kier molecular flexibility index (Phi) is 11.2. The van der Waals surface area contributed by atoms with E-state index in [-0.39, 0.29) is 0 Å². The summed E-state index contributed by atoms with van der Waals surface area (Å²) in [7, 11) is 1.68. The molecule has 5 heteroatoms. The minimum atomic E-state index is 0.648. The molecule has 1 rings (SSSR count). The Balaban J connectivity index is 1.94. The lowest BCUT2D eigenvalue weighted by Crippen LogP contribution is -2.39. The maximum atomic E-state index is 5.61. The van der Waals surface area contributed by atoms with E-state index in [2.05, 4.69) is 17.1 Å². The second-order valence-electron chi connectivity index (χ2n) is 5.32. The van der Waals surface area contributed by atoms with E-state index in [1.165, 1.54) is 32.5 Å². The largest absolute Gasteiger partial charge is 0.382 e. The average molecular weight is 288 g/mol. The van der Waals surface area contributed by atoms with E-state index in [0.29, 0.717) is 26.4 Å². The van der Waals surface area contributed by atoms with Crippen molar-refractivity contribution >= 4 is 0 Å². The van der Waals surface area contributed by atoms with E-state index in [9.17, 15) is 0 Å². The van der Waals surface area contributed by atoms with Crippen molar-refractivity contribution in [2.24, 2.45) is 5.92 Å². The van der Waals surface area contributed by atoms with Gasteiger partial charge in [-0.1, -0.05) is 6.92 Å². The number of ether oxygens (including phenoxy) is 3. The summed E-state index contributed by atoms with van der Waals surface area (Å²) in [5, 5.41) is 3.48. The highest BCUT2D eigenvalue weighted by Crippen LogP contribution is 2.11. The lowest BCUT2D eigenvalue weighted by Gasteiger charge is -2.29. The fraction of sp³-hybridized carbons (Fsp3) is 1.00. The van der Waals surface area contributed by atoms with Gasteiger partial charge < -0.3 is 24.4 Å². The van der Waals surface area contributed by atoms with Gasteiger partial charge in [0.15, 0.2) is 0 Å². The molecule has 1 unspecified atom stereocenters. The van der Waals surface area contributed by atoms with Crippen molar-refractivity contribution in [2.75, 3.05) is 72.9 Å². The molecule has 1 saturated heterocycles. The van der Waals surface area contributed by atoms with Crippen LogP contribution in [0.3, 0.4) is 0 Å². The minimum absolute atomic E-state index is 0.648. The van der Waals surface area contributed by atoms with E-state index in [1.54, 1.807) is 7.11 Å². The number of likely N-dealkylation sites (N-methyl/N-ethyl adjacent to an activating group) is 1. The zero-order valence-corrected chi connectivity index (χ0v) is 13.2. The van der Waals surface area contributed by atoms with E-state index in [4.69, 9.17) is 14.2 Å². The van der Waals surface area contributed by atoms with E-state index < -0.39 is 0 Å². The molecule has 1 N–H and O–H groups in total. The first-order valence-corrected chi connectivity index (χ1v) is 7.94. The number of nitrogens with one attached hydrogen (secondary N) is 1.